The molecule has 2 aliphatic heterocycles. The standard InChI is InChI=1S/C20H20BrN3O2/c21-16-9-4-8-15(12-16)20(14-6-2-1-3-7-14)18(25)24(19(22)23-20)13-17-10-5-11-26-17/h1-4,6-9,12,17H,5,10-11,13H2,(H2,22,23). The van der Waals surface area contributed by atoms with Crippen molar-refractivity contribution in [2.45, 2.75) is 24.5 Å². The van der Waals surface area contributed by atoms with Crippen molar-refractivity contribution < 1.29 is 9.53 Å². The molecular weight excluding hydrogens is 394 g/mol. The Morgan fingerprint density at radius 3 is 2.65 bits per heavy atom. The van der Waals surface area contributed by atoms with Gasteiger partial charge in [-0.2, -0.15) is 0 Å². The van der Waals surface area contributed by atoms with Gasteiger partial charge in [-0.25, -0.2) is 4.99 Å². The number of carbonyl (C=O) groups is 1. The van der Waals surface area contributed by atoms with Gasteiger partial charge in [0.05, 0.1) is 12.6 Å². The largest absolute Gasteiger partial charge is 0.376 e. The van der Waals surface area contributed by atoms with Gasteiger partial charge < -0.3 is 10.5 Å². The lowest BCUT2D eigenvalue weighted by Gasteiger charge is -2.28. The first kappa shape index (κ1) is 17.2. The molecule has 0 bridgehead atoms. The number of halogens is 1. The number of ether oxygens (including phenoxy) is 1. The molecule has 2 aromatic carbocycles. The Morgan fingerprint density at radius 2 is 1.96 bits per heavy atom. The highest BCUT2D eigenvalue weighted by molar-refractivity contribution is 9.10. The van der Waals surface area contributed by atoms with Gasteiger partial charge in [-0.05, 0) is 36.1 Å². The fraction of sp³-hybridized carbons (Fsp3) is 0.300. The summed E-state index contributed by atoms with van der Waals surface area (Å²) in [6, 6.07) is 17.3. The number of amides is 1. The summed E-state index contributed by atoms with van der Waals surface area (Å²) >= 11 is 3.50. The number of rotatable bonds is 4. The van der Waals surface area contributed by atoms with Crippen LogP contribution in [-0.4, -0.2) is 36.0 Å². The molecule has 2 N–H and O–H groups in total. The second-order valence-electron chi connectivity index (χ2n) is 6.61. The summed E-state index contributed by atoms with van der Waals surface area (Å²) in [5.74, 6) is 0.115. The molecule has 6 heteroatoms. The van der Waals surface area contributed by atoms with E-state index in [1.165, 1.54) is 0 Å². The molecule has 26 heavy (non-hydrogen) atoms. The zero-order valence-corrected chi connectivity index (χ0v) is 15.9. The highest BCUT2D eigenvalue weighted by Gasteiger charge is 2.51. The Morgan fingerprint density at radius 1 is 1.19 bits per heavy atom. The first-order valence-corrected chi connectivity index (χ1v) is 9.51. The summed E-state index contributed by atoms with van der Waals surface area (Å²) in [5.41, 5.74) is 6.66. The number of aliphatic imine (C=N–C) groups is 1. The van der Waals surface area contributed by atoms with Gasteiger partial charge in [-0.1, -0.05) is 58.4 Å². The van der Waals surface area contributed by atoms with Crippen molar-refractivity contribution in [2.75, 3.05) is 13.2 Å². The molecule has 2 aromatic rings. The molecule has 0 spiro atoms. The smallest absolute Gasteiger partial charge is 0.266 e. The molecule has 1 fully saturated rings. The molecule has 2 heterocycles. The van der Waals surface area contributed by atoms with E-state index in [4.69, 9.17) is 15.5 Å². The van der Waals surface area contributed by atoms with Crippen LogP contribution in [0, 0.1) is 0 Å². The van der Waals surface area contributed by atoms with Crippen LogP contribution < -0.4 is 5.73 Å². The third-order valence-electron chi connectivity index (χ3n) is 4.96. The molecule has 1 amide bonds. The highest BCUT2D eigenvalue weighted by atomic mass is 79.9. The normalized spacial score (nSPS) is 25.6. The molecule has 2 atom stereocenters. The van der Waals surface area contributed by atoms with Crippen LogP contribution in [0.2, 0.25) is 0 Å². The summed E-state index contributed by atoms with van der Waals surface area (Å²) in [5, 5.41) is 0. The quantitative estimate of drug-likeness (QED) is 0.837. The highest BCUT2D eigenvalue weighted by Crippen LogP contribution is 2.40. The SMILES string of the molecule is NC1=NC(c2ccccc2)(c2cccc(Br)c2)C(=O)N1CC1CCCO1. The van der Waals surface area contributed by atoms with Crippen LogP contribution in [0.4, 0.5) is 0 Å². The lowest BCUT2D eigenvalue weighted by molar-refractivity contribution is -0.131. The number of carbonyl (C=O) groups excluding carboxylic acids is 1. The van der Waals surface area contributed by atoms with Crippen molar-refractivity contribution in [1.29, 1.82) is 0 Å². The lowest BCUT2D eigenvalue weighted by Crippen LogP contribution is -2.46. The van der Waals surface area contributed by atoms with Gasteiger partial charge in [0.15, 0.2) is 11.5 Å². The van der Waals surface area contributed by atoms with Gasteiger partial charge in [-0.15, -0.1) is 0 Å². The van der Waals surface area contributed by atoms with Crippen molar-refractivity contribution in [2.24, 2.45) is 10.7 Å². The van der Waals surface area contributed by atoms with Gasteiger partial charge in [0.1, 0.15) is 0 Å². The van der Waals surface area contributed by atoms with Gasteiger partial charge in [0.2, 0.25) is 0 Å². The van der Waals surface area contributed by atoms with Crippen LogP contribution in [0.3, 0.4) is 0 Å². The number of hydrogen-bond donors (Lipinski definition) is 1. The molecule has 2 unspecified atom stereocenters. The first-order chi connectivity index (χ1) is 12.6. The van der Waals surface area contributed by atoms with Crippen molar-refractivity contribution in [3.8, 4) is 0 Å². The van der Waals surface area contributed by atoms with Crippen molar-refractivity contribution >= 4 is 27.8 Å². The minimum absolute atomic E-state index is 0.0155. The average molecular weight is 414 g/mol. The Labute approximate surface area is 161 Å². The van der Waals surface area contributed by atoms with Crippen LogP contribution in [0.25, 0.3) is 0 Å². The van der Waals surface area contributed by atoms with E-state index < -0.39 is 5.54 Å². The molecule has 0 radical (unpaired) electrons. The van der Waals surface area contributed by atoms with Crippen molar-refractivity contribution in [3.63, 3.8) is 0 Å². The second-order valence-corrected chi connectivity index (χ2v) is 7.52. The number of guanidine groups is 1. The topological polar surface area (TPSA) is 67.9 Å². The number of nitrogens with two attached hydrogens (primary N) is 1. The third kappa shape index (κ3) is 2.83. The minimum atomic E-state index is -1.16. The summed E-state index contributed by atoms with van der Waals surface area (Å²) in [4.78, 5) is 19.9. The molecule has 0 aliphatic carbocycles. The average Bonchev–Trinajstić information content (AvgIpc) is 3.25. The van der Waals surface area contributed by atoms with Crippen LogP contribution in [0.15, 0.2) is 64.1 Å². The number of benzene rings is 2. The van der Waals surface area contributed by atoms with E-state index in [2.05, 4.69) is 15.9 Å². The van der Waals surface area contributed by atoms with E-state index in [1.807, 2.05) is 54.6 Å². The maximum atomic E-state index is 13.6. The lowest BCUT2D eigenvalue weighted by atomic mass is 9.83. The molecular formula is C20H20BrN3O2. The molecule has 1 saturated heterocycles. The molecule has 134 valence electrons. The molecule has 4 rings (SSSR count). The summed E-state index contributed by atoms with van der Waals surface area (Å²) in [6.07, 6.45) is 1.97. The van der Waals surface area contributed by atoms with Crippen LogP contribution in [0.1, 0.15) is 24.0 Å². The van der Waals surface area contributed by atoms with Crippen LogP contribution >= 0.6 is 15.9 Å². The second kappa shape index (κ2) is 6.85. The minimum Gasteiger partial charge on any atom is -0.376 e. The Hall–Kier alpha value is -2.18. The maximum absolute atomic E-state index is 13.6. The van der Waals surface area contributed by atoms with Crippen LogP contribution in [0.5, 0.6) is 0 Å². The van der Waals surface area contributed by atoms with Crippen molar-refractivity contribution in [1.82, 2.24) is 4.90 Å². The van der Waals surface area contributed by atoms with Gasteiger partial charge in [-0.3, -0.25) is 9.69 Å². The van der Waals surface area contributed by atoms with Gasteiger partial charge in [0.25, 0.3) is 5.91 Å². The van der Waals surface area contributed by atoms with Gasteiger partial charge in [0, 0.05) is 11.1 Å². The number of hydrogen-bond acceptors (Lipinski definition) is 4. The molecule has 0 aromatic heterocycles. The van der Waals surface area contributed by atoms with E-state index in [0.29, 0.717) is 6.54 Å². The predicted molar refractivity (Wildman–Crippen MR) is 104 cm³/mol. The summed E-state index contributed by atoms with van der Waals surface area (Å²) in [6.45, 7) is 1.18. The summed E-state index contributed by atoms with van der Waals surface area (Å²) < 4.78 is 6.59. The van der Waals surface area contributed by atoms with E-state index >= 15 is 0 Å². The molecule has 2 aliphatic rings. The first-order valence-electron chi connectivity index (χ1n) is 8.72. The third-order valence-corrected chi connectivity index (χ3v) is 5.45. The Balaban J connectivity index is 1.80. The zero-order chi connectivity index (χ0) is 18.1. The van der Waals surface area contributed by atoms with E-state index in [-0.39, 0.29) is 18.0 Å². The van der Waals surface area contributed by atoms with Crippen LogP contribution in [-0.2, 0) is 15.1 Å². The predicted octanol–water partition coefficient (Wildman–Crippen LogP) is 3.03. The van der Waals surface area contributed by atoms with E-state index in [9.17, 15) is 4.79 Å². The van der Waals surface area contributed by atoms with Crippen molar-refractivity contribution in [3.05, 3.63) is 70.2 Å². The fourth-order valence-corrected chi connectivity index (χ4v) is 4.08. The molecule has 5 nitrogen and oxygen atoms in total. The maximum Gasteiger partial charge on any atom is 0.266 e. The summed E-state index contributed by atoms with van der Waals surface area (Å²) in [7, 11) is 0. The monoisotopic (exact) mass is 413 g/mol. The van der Waals surface area contributed by atoms with E-state index in [1.54, 1.807) is 4.90 Å². The zero-order valence-electron chi connectivity index (χ0n) is 14.3. The fourth-order valence-electron chi connectivity index (χ4n) is 3.68. The number of nitrogens with zero attached hydrogens (tertiary/aromatic N) is 2. The Bertz CT molecular complexity index is 849. The van der Waals surface area contributed by atoms with E-state index in [0.717, 1.165) is 35.0 Å². The molecule has 0 saturated carbocycles. The van der Waals surface area contributed by atoms with Gasteiger partial charge >= 0.3 is 0 Å². The Kier molecular flexibility index (Phi) is 4.54.